The number of hydrogen-bond donors (Lipinski definition) is 6. The number of cyclic esters (lactones) is 1. The lowest BCUT2D eigenvalue weighted by Gasteiger charge is -2.24. The minimum atomic E-state index is -0.975. The van der Waals surface area contributed by atoms with E-state index < -0.39 is 35.9 Å². The van der Waals surface area contributed by atoms with Crippen molar-refractivity contribution in [1.29, 1.82) is 0 Å². The molecule has 5 heterocycles. The number of amides is 8. The normalized spacial score (nSPS) is 15.0. The molecule has 0 bridgehead atoms. The molecule has 2 aromatic heterocycles. The van der Waals surface area contributed by atoms with Crippen molar-refractivity contribution in [2.45, 2.75) is 130 Å². The van der Waals surface area contributed by atoms with Gasteiger partial charge in [0.15, 0.2) is 0 Å². The molecule has 4 aromatic rings. The maximum atomic E-state index is 14.6. The third kappa shape index (κ3) is 13.5. The number of halogens is 1. The molecule has 0 spiro atoms. The molecule has 4 aliphatic rings. The number of nitrogens with one attached hydrogen (secondary N) is 4. The molecule has 8 amide bonds. The smallest absolute Gasteiger partial charge is 0.404 e. The topological polar surface area (TPSA) is 293 Å². The predicted octanol–water partition coefficient (Wildman–Crippen LogP) is 5.08. The van der Waals surface area contributed by atoms with Crippen molar-refractivity contribution in [3.05, 3.63) is 104 Å². The summed E-state index contributed by atoms with van der Waals surface area (Å²) in [4.78, 5) is 114. The van der Waals surface area contributed by atoms with Gasteiger partial charge in [-0.15, -0.1) is 0 Å². The summed E-state index contributed by atoms with van der Waals surface area (Å²) in [7, 11) is 0. The Morgan fingerprint density at radius 3 is 2.26 bits per heavy atom. The first-order valence-corrected chi connectivity index (χ1v) is 25.0. The zero-order valence-electron chi connectivity index (χ0n) is 42.2. The molecule has 8 rings (SSSR count). The maximum absolute atomic E-state index is 14.6. The molecule has 2 aromatic carbocycles. The number of anilines is 1. The maximum Gasteiger partial charge on any atom is 0.404 e. The number of carbonyl (C=O) groups excluding carboxylic acids is 8. The Balaban J connectivity index is 0.000000237. The second kappa shape index (κ2) is 25.6. The van der Waals surface area contributed by atoms with Gasteiger partial charge < -0.3 is 46.8 Å². The van der Waals surface area contributed by atoms with Gasteiger partial charge in [-0.3, -0.25) is 38.5 Å². The number of pyridine rings is 2. The summed E-state index contributed by atoms with van der Waals surface area (Å²) >= 11 is 0. The van der Waals surface area contributed by atoms with Gasteiger partial charge in [0.2, 0.25) is 17.7 Å². The van der Waals surface area contributed by atoms with Crippen LogP contribution in [0, 0.1) is 12.7 Å². The molecule has 20 nitrogen and oxygen atoms in total. The molecular weight excluding hydrogens is 958 g/mol. The van der Waals surface area contributed by atoms with Crippen LogP contribution in [0.15, 0.2) is 53.3 Å². The number of aromatic nitrogens is 2. The van der Waals surface area contributed by atoms with Crippen molar-refractivity contribution >= 4 is 64.2 Å². The molecule has 394 valence electrons. The monoisotopic (exact) mass is 1020 g/mol. The van der Waals surface area contributed by atoms with E-state index in [-0.39, 0.29) is 80.8 Å². The number of urea groups is 1. The fourth-order valence-corrected chi connectivity index (χ4v) is 9.29. The Morgan fingerprint density at radius 1 is 0.878 bits per heavy atom. The predicted molar refractivity (Wildman–Crippen MR) is 272 cm³/mol. The quantitative estimate of drug-likeness (QED) is 0.0381. The van der Waals surface area contributed by atoms with E-state index in [9.17, 15) is 47.5 Å². The Bertz CT molecular complexity index is 2900. The summed E-state index contributed by atoms with van der Waals surface area (Å²) in [5.74, 6) is -3.10. The first-order chi connectivity index (χ1) is 35.4. The Kier molecular flexibility index (Phi) is 19.2. The third-order valence-corrected chi connectivity index (χ3v) is 12.9. The molecule has 2 unspecified atom stereocenters. The Morgan fingerprint density at radius 2 is 1.58 bits per heavy atom. The van der Waals surface area contributed by atoms with Crippen LogP contribution >= 0.6 is 0 Å². The summed E-state index contributed by atoms with van der Waals surface area (Å²) in [6.45, 7) is 8.59. The Labute approximate surface area is 427 Å². The van der Waals surface area contributed by atoms with Crippen LogP contribution in [0.1, 0.15) is 123 Å². The lowest BCUT2D eigenvalue weighted by atomic mass is 9.84. The summed E-state index contributed by atoms with van der Waals surface area (Å²) in [6.07, 6.45) is 8.39. The summed E-state index contributed by atoms with van der Waals surface area (Å²) in [5.41, 5.74) is 18.4. The molecule has 0 saturated carbocycles. The number of hydrogen-bond acceptors (Lipinski definition) is 12. The number of carbonyl (C=O) groups is 8. The van der Waals surface area contributed by atoms with Crippen LogP contribution in [0.4, 0.5) is 19.7 Å². The molecule has 0 fully saturated rings. The second-order valence-electron chi connectivity index (χ2n) is 18.4. The third-order valence-electron chi connectivity index (χ3n) is 12.9. The fraction of sp³-hybridized carbons (Fsp3) is 0.434. The second-order valence-corrected chi connectivity index (χ2v) is 18.4. The van der Waals surface area contributed by atoms with E-state index >= 15 is 0 Å². The number of fused-ring (bicyclic) bond motifs is 5. The fourth-order valence-electron chi connectivity index (χ4n) is 9.29. The van der Waals surface area contributed by atoms with Crippen molar-refractivity contribution < 1.29 is 52.2 Å². The first-order valence-electron chi connectivity index (χ1n) is 25.0. The van der Waals surface area contributed by atoms with E-state index in [0.29, 0.717) is 66.5 Å². The standard InChI is InChI=1S/C26H35N7O8.C24H21FN2O3.C3H8/c27-25(39)29-13-4-5-19(24(38)31-18-9-7-17(8-10-18)16-41-26(28)40)32-21(35)15-30-20(34)6-2-1-3-14-33-22(36)11-12-23(33)37;1-3-12-15-7-20-22-16(9-27(20)23(28)17(15)10-30-24(12)29)14-6-4-5-13-11(2)18(25)8-19(26-22)21(13)14;1-3-2/h7-12,19H,1-6,13-16H2,(H2,28,40)(H,30,34)(H,31,38)(H,32,35)(H3,27,29,39);7-8,12H,3-6,9-10H2,1-2H3;3H2,1-2H3. The number of aryl methyl sites for hydroxylation is 2. The van der Waals surface area contributed by atoms with Gasteiger partial charge in [-0.2, -0.15) is 0 Å². The summed E-state index contributed by atoms with van der Waals surface area (Å²) < 4.78 is 26.3. The van der Waals surface area contributed by atoms with Crippen LogP contribution in [0.5, 0.6) is 0 Å². The van der Waals surface area contributed by atoms with Crippen LogP contribution in [0.2, 0.25) is 0 Å². The lowest BCUT2D eigenvalue weighted by molar-refractivity contribution is -0.148. The number of rotatable bonds is 18. The molecule has 21 heteroatoms. The molecule has 8 N–H and O–H groups in total. The number of nitrogens with two attached hydrogens (primary N) is 2. The van der Waals surface area contributed by atoms with E-state index in [2.05, 4.69) is 35.1 Å². The van der Waals surface area contributed by atoms with E-state index in [1.54, 1.807) is 28.8 Å². The zero-order valence-corrected chi connectivity index (χ0v) is 42.2. The van der Waals surface area contributed by atoms with Crippen LogP contribution in [0.3, 0.4) is 0 Å². The highest BCUT2D eigenvalue weighted by Crippen LogP contribution is 2.42. The van der Waals surface area contributed by atoms with Crippen molar-refractivity contribution in [1.82, 2.24) is 30.4 Å². The van der Waals surface area contributed by atoms with Gasteiger partial charge in [0.05, 0.1) is 41.5 Å². The van der Waals surface area contributed by atoms with Crippen molar-refractivity contribution in [3.8, 4) is 11.4 Å². The van der Waals surface area contributed by atoms with E-state index in [1.807, 2.05) is 19.9 Å². The van der Waals surface area contributed by atoms with Gasteiger partial charge in [-0.05, 0) is 104 Å². The van der Waals surface area contributed by atoms with E-state index in [1.165, 1.54) is 30.2 Å². The van der Waals surface area contributed by atoms with Crippen molar-refractivity contribution in [2.24, 2.45) is 11.5 Å². The van der Waals surface area contributed by atoms with Crippen LogP contribution in [0.25, 0.3) is 22.3 Å². The zero-order chi connectivity index (χ0) is 53.6. The number of nitrogens with zero attached hydrogens (tertiary/aromatic N) is 3. The van der Waals surface area contributed by atoms with E-state index in [0.717, 1.165) is 57.6 Å². The minimum Gasteiger partial charge on any atom is -0.460 e. The van der Waals surface area contributed by atoms with Crippen molar-refractivity contribution in [3.63, 3.8) is 0 Å². The van der Waals surface area contributed by atoms with Crippen LogP contribution < -0.4 is 38.3 Å². The van der Waals surface area contributed by atoms with Crippen LogP contribution in [-0.2, 0) is 70.8 Å². The van der Waals surface area contributed by atoms with Crippen molar-refractivity contribution in [2.75, 3.05) is 25.0 Å². The van der Waals surface area contributed by atoms with Gasteiger partial charge >= 0.3 is 18.1 Å². The van der Waals surface area contributed by atoms with Gasteiger partial charge in [0, 0.05) is 54.4 Å². The largest absolute Gasteiger partial charge is 0.460 e. The average molecular weight is 1020 g/mol. The molecule has 3 aliphatic heterocycles. The van der Waals surface area contributed by atoms with Gasteiger partial charge in [0.1, 0.15) is 25.1 Å². The first kappa shape index (κ1) is 55.3. The van der Waals surface area contributed by atoms with E-state index in [4.69, 9.17) is 25.9 Å². The lowest BCUT2D eigenvalue weighted by Crippen LogP contribution is -2.47. The molecule has 0 radical (unpaired) electrons. The summed E-state index contributed by atoms with van der Waals surface area (Å²) in [6, 6.07) is 8.20. The average Bonchev–Trinajstić information content (AvgIpc) is 3.91. The highest BCUT2D eigenvalue weighted by molar-refractivity contribution is 6.12. The SMILES string of the molecule is CCC.CCC1C(=O)OCc2c1cc1n(c2=O)Cc2c-1nc1cc(F)c(C)c3c1c2CCC3.NC(=O)NCCCC(NC(=O)CNC(=O)CCCCCN1C(=O)C=CC1=O)C(=O)Nc1ccc(COC(N)=O)cc1. The molecule has 2 atom stereocenters. The molecular formula is C53H64FN9O11. The highest BCUT2D eigenvalue weighted by atomic mass is 19.1. The van der Waals surface area contributed by atoms with Crippen LogP contribution in [-0.4, -0.2) is 87.8 Å². The number of benzene rings is 2. The van der Waals surface area contributed by atoms with Gasteiger partial charge in [0.25, 0.3) is 17.4 Å². The molecule has 74 heavy (non-hydrogen) atoms. The number of esters is 1. The number of unbranched alkanes of at least 4 members (excludes halogenated alkanes) is 2. The van der Waals surface area contributed by atoms with Gasteiger partial charge in [-0.25, -0.2) is 19.0 Å². The highest BCUT2D eigenvalue weighted by Gasteiger charge is 2.36. The number of imide groups is 1. The molecule has 0 saturated heterocycles. The van der Waals surface area contributed by atoms with Gasteiger partial charge in [-0.1, -0.05) is 45.7 Å². The number of primary amides is 2. The Hall–Kier alpha value is -7.97. The molecule has 1 aliphatic carbocycles. The minimum absolute atomic E-state index is 0.0247. The number of ether oxygens (including phenoxy) is 2. The summed E-state index contributed by atoms with van der Waals surface area (Å²) in [5, 5.41) is 11.2.